The number of rotatable bonds is 4. The molecule has 3 N–H and O–H groups in total. The molecule has 5 nitrogen and oxygen atoms in total. The Morgan fingerprint density at radius 3 is 2.84 bits per heavy atom. The lowest BCUT2D eigenvalue weighted by atomic mass is 10.0. The average Bonchev–Trinajstić information content (AvgIpc) is 2.72. The third-order valence-electron chi connectivity index (χ3n) is 3.33. The van der Waals surface area contributed by atoms with Crippen molar-refractivity contribution in [3.05, 3.63) is 23.2 Å². The van der Waals surface area contributed by atoms with E-state index < -0.39 is 10.0 Å². The molecule has 0 bridgehead atoms. The molecule has 0 aromatic heterocycles. The van der Waals surface area contributed by atoms with Gasteiger partial charge in [0.25, 0.3) is 0 Å². The molecular weight excluding hydrogens is 288 g/mol. The second-order valence-electron chi connectivity index (χ2n) is 4.66. The zero-order valence-corrected chi connectivity index (χ0v) is 12.2. The van der Waals surface area contributed by atoms with E-state index in [1.807, 2.05) is 6.92 Å². The van der Waals surface area contributed by atoms with Gasteiger partial charge in [0.1, 0.15) is 4.90 Å². The molecule has 1 saturated heterocycles. The van der Waals surface area contributed by atoms with Crippen LogP contribution in [-0.4, -0.2) is 27.7 Å². The number of sulfonamides is 1. The highest BCUT2D eigenvalue weighted by atomic mass is 35.5. The Kier molecular flexibility index (Phi) is 4.35. The van der Waals surface area contributed by atoms with E-state index in [0.29, 0.717) is 18.2 Å². The van der Waals surface area contributed by atoms with Crippen LogP contribution < -0.4 is 10.5 Å². The van der Waals surface area contributed by atoms with Crippen molar-refractivity contribution < 1.29 is 13.2 Å². The summed E-state index contributed by atoms with van der Waals surface area (Å²) in [6, 6.07) is 4.35. The molecule has 106 valence electrons. The molecule has 19 heavy (non-hydrogen) atoms. The van der Waals surface area contributed by atoms with Crippen LogP contribution in [0.2, 0.25) is 5.02 Å². The van der Waals surface area contributed by atoms with E-state index in [1.165, 1.54) is 18.2 Å². The molecule has 1 aromatic carbocycles. The zero-order chi connectivity index (χ0) is 14.0. The SMILES string of the molecule is CC1OCCC1CNS(=O)(=O)c1ccc(Cl)cc1N. The van der Waals surface area contributed by atoms with Crippen LogP contribution >= 0.6 is 11.6 Å². The van der Waals surface area contributed by atoms with Crippen LogP contribution in [0.5, 0.6) is 0 Å². The van der Waals surface area contributed by atoms with E-state index in [-0.39, 0.29) is 22.6 Å². The minimum absolute atomic E-state index is 0.0588. The largest absolute Gasteiger partial charge is 0.398 e. The molecule has 0 amide bonds. The van der Waals surface area contributed by atoms with Crippen LogP contribution in [0.15, 0.2) is 23.1 Å². The monoisotopic (exact) mass is 304 g/mol. The molecule has 1 heterocycles. The molecule has 1 aromatic rings. The molecule has 1 aliphatic rings. The van der Waals surface area contributed by atoms with Crippen LogP contribution in [0.25, 0.3) is 0 Å². The molecule has 0 saturated carbocycles. The van der Waals surface area contributed by atoms with Crippen molar-refractivity contribution in [3.63, 3.8) is 0 Å². The molecule has 0 radical (unpaired) electrons. The summed E-state index contributed by atoms with van der Waals surface area (Å²) in [6.07, 6.45) is 0.935. The first-order chi connectivity index (χ1) is 8.90. The topological polar surface area (TPSA) is 81.4 Å². The number of nitrogen functional groups attached to an aromatic ring is 1. The van der Waals surface area contributed by atoms with Crippen molar-refractivity contribution in [1.82, 2.24) is 4.72 Å². The molecule has 2 atom stereocenters. The Hall–Kier alpha value is -0.820. The number of hydrogen-bond acceptors (Lipinski definition) is 4. The Morgan fingerprint density at radius 2 is 2.26 bits per heavy atom. The van der Waals surface area contributed by atoms with Crippen molar-refractivity contribution in [3.8, 4) is 0 Å². The van der Waals surface area contributed by atoms with Crippen LogP contribution in [-0.2, 0) is 14.8 Å². The number of hydrogen-bond donors (Lipinski definition) is 2. The Morgan fingerprint density at radius 1 is 1.53 bits per heavy atom. The zero-order valence-electron chi connectivity index (χ0n) is 10.6. The predicted octanol–water partition coefficient (Wildman–Crippen LogP) is 1.63. The van der Waals surface area contributed by atoms with Gasteiger partial charge in [0.2, 0.25) is 10.0 Å². The van der Waals surface area contributed by atoms with Crippen LogP contribution in [0, 0.1) is 5.92 Å². The lowest BCUT2D eigenvalue weighted by Crippen LogP contribution is -2.32. The minimum atomic E-state index is -3.61. The Bertz CT molecular complexity index is 562. The highest BCUT2D eigenvalue weighted by Gasteiger charge is 2.26. The molecule has 7 heteroatoms. The summed E-state index contributed by atoms with van der Waals surface area (Å²) in [5.74, 6) is 0.197. The minimum Gasteiger partial charge on any atom is -0.398 e. The van der Waals surface area contributed by atoms with Gasteiger partial charge in [-0.1, -0.05) is 11.6 Å². The lowest BCUT2D eigenvalue weighted by Gasteiger charge is -2.15. The Labute approximate surface area is 118 Å². The first-order valence-electron chi connectivity index (χ1n) is 6.06. The second-order valence-corrected chi connectivity index (χ2v) is 6.83. The summed E-state index contributed by atoms with van der Waals surface area (Å²) in [5.41, 5.74) is 5.84. The van der Waals surface area contributed by atoms with Crippen molar-refractivity contribution >= 4 is 27.3 Å². The van der Waals surface area contributed by atoms with E-state index >= 15 is 0 Å². The summed E-state index contributed by atoms with van der Waals surface area (Å²) >= 11 is 5.76. The number of ether oxygens (including phenoxy) is 1. The highest BCUT2D eigenvalue weighted by Crippen LogP contribution is 2.24. The fourth-order valence-corrected chi connectivity index (χ4v) is 3.49. The summed E-state index contributed by atoms with van der Waals surface area (Å²) in [4.78, 5) is 0.0588. The summed E-state index contributed by atoms with van der Waals surface area (Å²) in [6.45, 7) is 2.98. The summed E-state index contributed by atoms with van der Waals surface area (Å²) in [7, 11) is -3.61. The second kappa shape index (κ2) is 5.66. The number of anilines is 1. The fourth-order valence-electron chi connectivity index (χ4n) is 2.10. The van der Waals surface area contributed by atoms with Gasteiger partial charge in [-0.15, -0.1) is 0 Å². The number of nitrogens with one attached hydrogen (secondary N) is 1. The summed E-state index contributed by atoms with van der Waals surface area (Å²) < 4.78 is 32.3. The van der Waals surface area contributed by atoms with Crippen LogP contribution in [0.4, 0.5) is 5.69 Å². The third-order valence-corrected chi connectivity index (χ3v) is 5.06. The first-order valence-corrected chi connectivity index (χ1v) is 7.92. The third kappa shape index (κ3) is 3.39. The molecule has 1 fully saturated rings. The first kappa shape index (κ1) is 14.6. The molecule has 0 aliphatic carbocycles. The number of halogens is 1. The maximum atomic E-state index is 12.2. The van der Waals surface area contributed by atoms with Gasteiger partial charge >= 0.3 is 0 Å². The Balaban J connectivity index is 2.09. The smallest absolute Gasteiger partial charge is 0.242 e. The standard InChI is InChI=1S/C12H17ClN2O3S/c1-8-9(4-5-18-8)7-15-19(16,17)12-3-2-10(13)6-11(12)14/h2-3,6,8-9,15H,4-5,7,14H2,1H3. The van der Waals surface area contributed by atoms with Gasteiger partial charge in [-0.3, -0.25) is 0 Å². The van der Waals surface area contributed by atoms with Gasteiger partial charge in [0.15, 0.2) is 0 Å². The van der Waals surface area contributed by atoms with Gasteiger partial charge < -0.3 is 10.5 Å². The van der Waals surface area contributed by atoms with Gasteiger partial charge in [-0.25, -0.2) is 13.1 Å². The summed E-state index contributed by atoms with van der Waals surface area (Å²) in [5, 5.41) is 0.411. The van der Waals surface area contributed by atoms with Crippen molar-refractivity contribution in [2.45, 2.75) is 24.3 Å². The number of benzene rings is 1. The quantitative estimate of drug-likeness (QED) is 0.828. The maximum Gasteiger partial charge on any atom is 0.242 e. The highest BCUT2D eigenvalue weighted by molar-refractivity contribution is 7.89. The van der Waals surface area contributed by atoms with Gasteiger partial charge in [0, 0.05) is 24.1 Å². The molecule has 2 unspecified atom stereocenters. The molecule has 2 rings (SSSR count). The van der Waals surface area contributed by atoms with Gasteiger partial charge in [-0.05, 0) is 31.5 Å². The van der Waals surface area contributed by atoms with Gasteiger partial charge in [0.05, 0.1) is 11.8 Å². The predicted molar refractivity (Wildman–Crippen MR) is 74.6 cm³/mol. The average molecular weight is 305 g/mol. The normalized spacial score (nSPS) is 23.7. The van der Waals surface area contributed by atoms with E-state index in [4.69, 9.17) is 22.1 Å². The molecule has 0 spiro atoms. The van der Waals surface area contributed by atoms with Crippen LogP contribution in [0.1, 0.15) is 13.3 Å². The molecule has 1 aliphatic heterocycles. The van der Waals surface area contributed by atoms with Crippen LogP contribution in [0.3, 0.4) is 0 Å². The fraction of sp³-hybridized carbons (Fsp3) is 0.500. The van der Waals surface area contributed by atoms with Crippen molar-refractivity contribution in [2.75, 3.05) is 18.9 Å². The number of nitrogens with two attached hydrogens (primary N) is 1. The van der Waals surface area contributed by atoms with Gasteiger partial charge in [-0.2, -0.15) is 0 Å². The van der Waals surface area contributed by atoms with Crippen molar-refractivity contribution in [1.29, 1.82) is 0 Å². The molecular formula is C12H17ClN2O3S. The van der Waals surface area contributed by atoms with Crippen molar-refractivity contribution in [2.24, 2.45) is 5.92 Å². The van der Waals surface area contributed by atoms with E-state index in [0.717, 1.165) is 6.42 Å². The van der Waals surface area contributed by atoms with E-state index in [1.54, 1.807) is 0 Å². The maximum absolute atomic E-state index is 12.2. The lowest BCUT2D eigenvalue weighted by molar-refractivity contribution is 0.107. The van der Waals surface area contributed by atoms with E-state index in [9.17, 15) is 8.42 Å². The van der Waals surface area contributed by atoms with E-state index in [2.05, 4.69) is 4.72 Å².